The summed E-state index contributed by atoms with van der Waals surface area (Å²) in [5.74, 6) is -0.0984. The molecule has 0 radical (unpaired) electrons. The quantitative estimate of drug-likeness (QED) is 0.764. The molecule has 1 aromatic carbocycles. The molecule has 0 fully saturated rings. The van der Waals surface area contributed by atoms with Crippen LogP contribution in [0.4, 0.5) is 0 Å². The summed E-state index contributed by atoms with van der Waals surface area (Å²) in [4.78, 5) is 14.4. The maximum Gasteiger partial charge on any atom is 0.247 e. The molecule has 0 spiro atoms. The summed E-state index contributed by atoms with van der Waals surface area (Å²) in [6.07, 6.45) is 3.24. The monoisotopic (exact) mass is 356 g/mol. The number of benzene rings is 1. The van der Waals surface area contributed by atoms with Gasteiger partial charge < -0.3 is 4.90 Å². The molecule has 0 aliphatic rings. The van der Waals surface area contributed by atoms with E-state index in [2.05, 4.69) is 11.2 Å². The smallest absolute Gasteiger partial charge is 0.247 e. The molecule has 1 atom stereocenters. The molecular formula is C19H21ClN4O. The van der Waals surface area contributed by atoms with Crippen molar-refractivity contribution in [3.05, 3.63) is 57.9 Å². The Kier molecular flexibility index (Phi) is 6.00. The first-order chi connectivity index (χ1) is 11.9. The van der Waals surface area contributed by atoms with Crippen molar-refractivity contribution in [1.29, 1.82) is 5.26 Å². The molecule has 0 aliphatic carbocycles. The zero-order valence-corrected chi connectivity index (χ0v) is 15.6. The molecule has 0 aliphatic heterocycles. The highest BCUT2D eigenvalue weighted by Crippen LogP contribution is 2.23. The van der Waals surface area contributed by atoms with Crippen molar-refractivity contribution >= 4 is 23.6 Å². The lowest BCUT2D eigenvalue weighted by atomic mass is 10.0. The zero-order chi connectivity index (χ0) is 18.6. The molecule has 2 aromatic rings. The molecule has 25 heavy (non-hydrogen) atoms. The third kappa shape index (κ3) is 4.09. The summed E-state index contributed by atoms with van der Waals surface area (Å²) < 4.78 is 1.58. The van der Waals surface area contributed by atoms with E-state index in [0.29, 0.717) is 17.3 Å². The summed E-state index contributed by atoms with van der Waals surface area (Å²) in [6, 6.07) is 9.29. The van der Waals surface area contributed by atoms with Gasteiger partial charge in [-0.05, 0) is 44.5 Å². The van der Waals surface area contributed by atoms with Gasteiger partial charge in [0.05, 0.1) is 23.4 Å². The number of amides is 1. The summed E-state index contributed by atoms with van der Waals surface area (Å²) in [7, 11) is 1.76. The van der Waals surface area contributed by atoms with Crippen molar-refractivity contribution in [2.24, 2.45) is 7.05 Å². The van der Waals surface area contributed by atoms with Crippen LogP contribution in [0.1, 0.15) is 42.3 Å². The summed E-state index contributed by atoms with van der Waals surface area (Å²) in [5.41, 5.74) is 3.12. The molecule has 0 N–H and O–H groups in total. The number of hydrogen-bond acceptors (Lipinski definition) is 3. The molecular weight excluding hydrogens is 336 g/mol. The van der Waals surface area contributed by atoms with Gasteiger partial charge in [0, 0.05) is 25.2 Å². The van der Waals surface area contributed by atoms with E-state index in [1.165, 1.54) is 6.08 Å². The molecule has 0 saturated carbocycles. The van der Waals surface area contributed by atoms with Crippen LogP contribution >= 0.6 is 11.6 Å². The van der Waals surface area contributed by atoms with Crippen molar-refractivity contribution in [3.63, 3.8) is 0 Å². The number of aryl methyl sites for hydroxylation is 2. The van der Waals surface area contributed by atoms with Gasteiger partial charge in [0.25, 0.3) is 0 Å². The van der Waals surface area contributed by atoms with Crippen LogP contribution in [-0.2, 0) is 11.8 Å². The first-order valence-electron chi connectivity index (χ1n) is 8.06. The number of nitrogens with zero attached hydrogens (tertiary/aromatic N) is 4. The second-order valence-corrected chi connectivity index (χ2v) is 6.14. The Morgan fingerprint density at radius 2 is 2.08 bits per heavy atom. The van der Waals surface area contributed by atoms with E-state index in [1.54, 1.807) is 34.8 Å². The number of rotatable bonds is 5. The minimum absolute atomic E-state index is 0.0969. The van der Waals surface area contributed by atoms with Crippen LogP contribution in [0.25, 0.3) is 6.08 Å². The van der Waals surface area contributed by atoms with E-state index in [-0.39, 0.29) is 11.9 Å². The van der Waals surface area contributed by atoms with Gasteiger partial charge in [0.1, 0.15) is 5.15 Å². The predicted molar refractivity (Wildman–Crippen MR) is 98.9 cm³/mol. The Morgan fingerprint density at radius 3 is 2.56 bits per heavy atom. The maximum absolute atomic E-state index is 12.6. The summed E-state index contributed by atoms with van der Waals surface area (Å²) in [6.45, 7) is 6.34. The van der Waals surface area contributed by atoms with E-state index < -0.39 is 0 Å². The third-order valence-corrected chi connectivity index (χ3v) is 4.65. The highest BCUT2D eigenvalue weighted by atomic mass is 35.5. The summed E-state index contributed by atoms with van der Waals surface area (Å²) >= 11 is 6.20. The summed E-state index contributed by atoms with van der Waals surface area (Å²) in [5, 5.41) is 13.6. The van der Waals surface area contributed by atoms with Crippen LogP contribution < -0.4 is 0 Å². The largest absolute Gasteiger partial charge is 0.333 e. The van der Waals surface area contributed by atoms with E-state index in [1.807, 2.05) is 32.9 Å². The Labute approximate surface area is 153 Å². The van der Waals surface area contributed by atoms with Gasteiger partial charge in [-0.2, -0.15) is 10.4 Å². The number of nitriles is 1. The standard InChI is InChI=1S/C19H21ClN4O/c1-5-24(14(3)16-8-6-15(12-21)7-9-16)18(25)11-10-17-13(2)22-23(4)19(17)20/h6-11,14H,5H2,1-4H3/b11-10+. The van der Waals surface area contributed by atoms with Crippen LogP contribution in [0.15, 0.2) is 30.3 Å². The molecule has 0 bridgehead atoms. The highest BCUT2D eigenvalue weighted by molar-refractivity contribution is 6.31. The lowest BCUT2D eigenvalue weighted by Crippen LogP contribution is -2.32. The first-order valence-corrected chi connectivity index (χ1v) is 8.44. The first kappa shape index (κ1) is 18.8. The Morgan fingerprint density at radius 1 is 1.44 bits per heavy atom. The minimum Gasteiger partial charge on any atom is -0.333 e. The van der Waals surface area contributed by atoms with E-state index >= 15 is 0 Å². The second kappa shape index (κ2) is 8.00. The van der Waals surface area contributed by atoms with Crippen molar-refractivity contribution < 1.29 is 4.79 Å². The van der Waals surface area contributed by atoms with Gasteiger partial charge in [-0.3, -0.25) is 9.48 Å². The molecule has 130 valence electrons. The van der Waals surface area contributed by atoms with Gasteiger partial charge in [-0.25, -0.2) is 0 Å². The van der Waals surface area contributed by atoms with Gasteiger partial charge >= 0.3 is 0 Å². The van der Waals surface area contributed by atoms with Crippen molar-refractivity contribution in [1.82, 2.24) is 14.7 Å². The van der Waals surface area contributed by atoms with Crippen LogP contribution in [0.2, 0.25) is 5.15 Å². The van der Waals surface area contributed by atoms with Crippen LogP contribution in [0, 0.1) is 18.3 Å². The predicted octanol–water partition coefficient (Wildman–Crippen LogP) is 3.88. The van der Waals surface area contributed by atoms with Gasteiger partial charge in [0.15, 0.2) is 0 Å². The lowest BCUT2D eigenvalue weighted by molar-refractivity contribution is -0.127. The topological polar surface area (TPSA) is 61.9 Å². The van der Waals surface area contributed by atoms with E-state index in [4.69, 9.17) is 16.9 Å². The lowest BCUT2D eigenvalue weighted by Gasteiger charge is -2.27. The molecule has 0 saturated heterocycles. The molecule has 1 unspecified atom stereocenters. The molecule has 5 nitrogen and oxygen atoms in total. The fourth-order valence-corrected chi connectivity index (χ4v) is 2.96. The number of carbonyl (C=O) groups excluding carboxylic acids is 1. The number of likely N-dealkylation sites (N-methyl/N-ethyl adjacent to an activating group) is 1. The van der Waals surface area contributed by atoms with Crippen molar-refractivity contribution in [2.45, 2.75) is 26.8 Å². The molecule has 1 aromatic heterocycles. The second-order valence-electron chi connectivity index (χ2n) is 5.78. The number of aromatic nitrogens is 2. The van der Waals surface area contributed by atoms with Gasteiger partial charge in [-0.15, -0.1) is 0 Å². The maximum atomic E-state index is 12.6. The molecule has 1 heterocycles. The molecule has 1 amide bonds. The minimum atomic E-state index is -0.0984. The van der Waals surface area contributed by atoms with Gasteiger partial charge in [-0.1, -0.05) is 23.7 Å². The van der Waals surface area contributed by atoms with Crippen LogP contribution in [-0.4, -0.2) is 27.1 Å². The Balaban J connectivity index is 2.19. The third-order valence-electron chi connectivity index (χ3n) is 4.20. The Bertz CT molecular complexity index is 830. The Hall–Kier alpha value is -2.58. The fraction of sp³-hybridized carbons (Fsp3) is 0.316. The molecule has 2 rings (SSSR count). The average molecular weight is 357 g/mol. The fourth-order valence-electron chi connectivity index (χ4n) is 2.72. The zero-order valence-electron chi connectivity index (χ0n) is 14.8. The highest BCUT2D eigenvalue weighted by Gasteiger charge is 2.18. The van der Waals surface area contributed by atoms with Crippen LogP contribution in [0.3, 0.4) is 0 Å². The van der Waals surface area contributed by atoms with E-state index in [9.17, 15) is 4.79 Å². The SMILES string of the molecule is CCN(C(=O)/C=C/c1c(C)nn(C)c1Cl)C(C)c1ccc(C#N)cc1. The van der Waals surface area contributed by atoms with Crippen LogP contribution in [0.5, 0.6) is 0 Å². The number of carbonyl (C=O) groups is 1. The normalized spacial score (nSPS) is 12.2. The van der Waals surface area contributed by atoms with Crippen molar-refractivity contribution in [3.8, 4) is 6.07 Å². The van der Waals surface area contributed by atoms with E-state index in [0.717, 1.165) is 16.8 Å². The average Bonchev–Trinajstić information content (AvgIpc) is 2.85. The number of halogens is 1. The van der Waals surface area contributed by atoms with Crippen molar-refractivity contribution in [2.75, 3.05) is 6.54 Å². The molecule has 6 heteroatoms. The number of hydrogen-bond donors (Lipinski definition) is 0. The van der Waals surface area contributed by atoms with Gasteiger partial charge in [0.2, 0.25) is 5.91 Å².